The largest absolute Gasteiger partial charge is 0.480 e. The van der Waals surface area contributed by atoms with Gasteiger partial charge in [-0.25, -0.2) is 4.79 Å². The van der Waals surface area contributed by atoms with E-state index in [2.05, 4.69) is 10.6 Å². The van der Waals surface area contributed by atoms with Crippen molar-refractivity contribution in [1.29, 1.82) is 0 Å². The van der Waals surface area contributed by atoms with E-state index in [4.69, 9.17) is 9.84 Å². The van der Waals surface area contributed by atoms with Crippen molar-refractivity contribution in [3.63, 3.8) is 0 Å². The normalized spacial score (nSPS) is 11.2. The second-order valence-corrected chi connectivity index (χ2v) is 3.65. The van der Waals surface area contributed by atoms with E-state index < -0.39 is 30.6 Å². The number of carboxylic acids is 1. The molecular formula is C12H14N2O5. The van der Waals surface area contributed by atoms with Gasteiger partial charge in [0.15, 0.2) is 6.10 Å². The highest BCUT2D eigenvalue weighted by atomic mass is 16.6. The van der Waals surface area contributed by atoms with Gasteiger partial charge in [0.25, 0.3) is 5.91 Å². The minimum absolute atomic E-state index is 0.521. The summed E-state index contributed by atoms with van der Waals surface area (Å²) < 4.78 is 4.79. The molecule has 0 aromatic heterocycles. The minimum Gasteiger partial charge on any atom is -0.480 e. The van der Waals surface area contributed by atoms with Gasteiger partial charge in [-0.3, -0.25) is 14.9 Å². The molecule has 7 heteroatoms. The highest BCUT2D eigenvalue weighted by molar-refractivity contribution is 5.89. The number of benzene rings is 1. The van der Waals surface area contributed by atoms with Crippen molar-refractivity contribution in [2.75, 3.05) is 11.9 Å². The molecule has 0 radical (unpaired) electrons. The van der Waals surface area contributed by atoms with Crippen LogP contribution in [0.5, 0.6) is 0 Å². The Morgan fingerprint density at radius 3 is 2.47 bits per heavy atom. The summed E-state index contributed by atoms with van der Waals surface area (Å²) in [6.07, 6.45) is -1.87. The average Bonchev–Trinajstić information content (AvgIpc) is 2.36. The lowest BCUT2D eigenvalue weighted by molar-refractivity contribution is -0.139. The van der Waals surface area contributed by atoms with Crippen molar-refractivity contribution >= 4 is 23.7 Å². The van der Waals surface area contributed by atoms with E-state index in [1.54, 1.807) is 30.3 Å². The third-order valence-electron chi connectivity index (χ3n) is 2.09. The number of hydrogen-bond donors (Lipinski definition) is 3. The average molecular weight is 266 g/mol. The molecule has 19 heavy (non-hydrogen) atoms. The van der Waals surface area contributed by atoms with E-state index in [0.29, 0.717) is 5.69 Å². The zero-order chi connectivity index (χ0) is 14.3. The number of nitrogens with one attached hydrogen (secondary N) is 2. The topological polar surface area (TPSA) is 105 Å². The van der Waals surface area contributed by atoms with Crippen molar-refractivity contribution in [3.05, 3.63) is 30.3 Å². The van der Waals surface area contributed by atoms with Crippen molar-refractivity contribution < 1.29 is 24.2 Å². The molecule has 2 amide bonds. The van der Waals surface area contributed by atoms with Gasteiger partial charge in [-0.05, 0) is 19.1 Å². The molecule has 3 N–H and O–H groups in total. The van der Waals surface area contributed by atoms with Crippen LogP contribution in [0.3, 0.4) is 0 Å². The number of amides is 2. The Morgan fingerprint density at radius 1 is 1.26 bits per heavy atom. The lowest BCUT2D eigenvalue weighted by Gasteiger charge is -2.13. The summed E-state index contributed by atoms with van der Waals surface area (Å²) in [5, 5.41) is 12.9. The van der Waals surface area contributed by atoms with Gasteiger partial charge in [0.05, 0.1) is 0 Å². The van der Waals surface area contributed by atoms with Crippen molar-refractivity contribution in [2.24, 2.45) is 0 Å². The summed E-state index contributed by atoms with van der Waals surface area (Å²) in [7, 11) is 0. The van der Waals surface area contributed by atoms with Gasteiger partial charge in [-0.15, -0.1) is 0 Å². The van der Waals surface area contributed by atoms with Crippen LogP contribution in [0.4, 0.5) is 10.5 Å². The number of para-hydroxylation sites is 1. The molecule has 0 bridgehead atoms. The van der Waals surface area contributed by atoms with Crippen LogP contribution in [0.15, 0.2) is 30.3 Å². The summed E-state index contributed by atoms with van der Waals surface area (Å²) >= 11 is 0. The molecule has 0 aliphatic rings. The predicted molar refractivity (Wildman–Crippen MR) is 66.7 cm³/mol. The monoisotopic (exact) mass is 266 g/mol. The maximum atomic E-state index is 11.4. The summed E-state index contributed by atoms with van der Waals surface area (Å²) in [6.45, 7) is 0.828. The molecule has 1 unspecified atom stereocenters. The van der Waals surface area contributed by atoms with Gasteiger partial charge < -0.3 is 15.2 Å². The first-order valence-corrected chi connectivity index (χ1v) is 5.51. The SMILES string of the molecule is CC(OC(=O)Nc1ccccc1)C(=O)NCC(=O)O. The van der Waals surface area contributed by atoms with Crippen LogP contribution in [0, 0.1) is 0 Å². The molecular weight excluding hydrogens is 252 g/mol. The predicted octanol–water partition coefficient (Wildman–Crippen LogP) is 0.824. The van der Waals surface area contributed by atoms with Gasteiger partial charge in [0, 0.05) is 5.69 Å². The van der Waals surface area contributed by atoms with Gasteiger partial charge in [-0.2, -0.15) is 0 Å². The van der Waals surface area contributed by atoms with E-state index in [1.165, 1.54) is 6.92 Å². The molecule has 1 rings (SSSR count). The smallest absolute Gasteiger partial charge is 0.412 e. The number of carboxylic acid groups (broad SMARTS) is 1. The first kappa shape index (κ1) is 14.5. The maximum absolute atomic E-state index is 11.4. The molecule has 0 aliphatic carbocycles. The van der Waals surface area contributed by atoms with E-state index in [9.17, 15) is 14.4 Å². The summed E-state index contributed by atoms with van der Waals surface area (Å²) in [5.74, 6) is -1.85. The highest BCUT2D eigenvalue weighted by Gasteiger charge is 2.18. The Morgan fingerprint density at radius 2 is 1.89 bits per heavy atom. The van der Waals surface area contributed by atoms with E-state index >= 15 is 0 Å². The molecule has 102 valence electrons. The molecule has 0 saturated carbocycles. The van der Waals surface area contributed by atoms with Gasteiger partial charge in [0.1, 0.15) is 6.54 Å². The van der Waals surface area contributed by atoms with Gasteiger partial charge in [-0.1, -0.05) is 18.2 Å². The van der Waals surface area contributed by atoms with Crippen LogP contribution in [0.2, 0.25) is 0 Å². The quantitative estimate of drug-likeness (QED) is 0.732. The second-order valence-electron chi connectivity index (χ2n) is 3.65. The first-order chi connectivity index (χ1) is 8.99. The Bertz CT molecular complexity index is 460. The van der Waals surface area contributed by atoms with E-state index in [0.717, 1.165) is 0 Å². The minimum atomic E-state index is -1.17. The second kappa shape index (κ2) is 7.00. The fourth-order valence-corrected chi connectivity index (χ4v) is 1.19. The van der Waals surface area contributed by atoms with Crippen LogP contribution in [0.1, 0.15) is 6.92 Å². The standard InChI is InChI=1S/C12H14N2O5/c1-8(11(17)13-7-10(15)16)19-12(18)14-9-5-3-2-4-6-9/h2-6,8H,7H2,1H3,(H,13,17)(H,14,18)(H,15,16). The third-order valence-corrected chi connectivity index (χ3v) is 2.09. The Hall–Kier alpha value is -2.57. The molecule has 7 nitrogen and oxygen atoms in total. The number of carbonyl (C=O) groups excluding carboxylic acids is 2. The van der Waals surface area contributed by atoms with E-state index in [-0.39, 0.29) is 0 Å². The lowest BCUT2D eigenvalue weighted by atomic mass is 10.3. The molecule has 1 aromatic rings. The first-order valence-electron chi connectivity index (χ1n) is 5.51. The van der Waals surface area contributed by atoms with Crippen LogP contribution in [-0.4, -0.2) is 35.7 Å². The number of aliphatic carboxylic acids is 1. The number of ether oxygens (including phenoxy) is 1. The van der Waals surface area contributed by atoms with Crippen LogP contribution >= 0.6 is 0 Å². The summed E-state index contributed by atoms with van der Waals surface area (Å²) in [5.41, 5.74) is 0.533. The molecule has 0 aliphatic heterocycles. The zero-order valence-electron chi connectivity index (χ0n) is 10.3. The fourth-order valence-electron chi connectivity index (χ4n) is 1.19. The number of rotatable bonds is 5. The molecule has 1 atom stereocenters. The maximum Gasteiger partial charge on any atom is 0.412 e. The van der Waals surface area contributed by atoms with Gasteiger partial charge in [0.2, 0.25) is 0 Å². The summed E-state index contributed by atoms with van der Waals surface area (Å²) in [6, 6.07) is 8.59. The molecule has 0 fully saturated rings. The van der Waals surface area contributed by atoms with Crippen LogP contribution < -0.4 is 10.6 Å². The summed E-state index contributed by atoms with van der Waals surface area (Å²) in [4.78, 5) is 33.0. The number of anilines is 1. The highest BCUT2D eigenvalue weighted by Crippen LogP contribution is 2.06. The van der Waals surface area contributed by atoms with Crippen LogP contribution in [-0.2, 0) is 14.3 Å². The van der Waals surface area contributed by atoms with Gasteiger partial charge >= 0.3 is 12.1 Å². The molecule has 1 aromatic carbocycles. The van der Waals surface area contributed by atoms with E-state index in [1.807, 2.05) is 0 Å². The lowest BCUT2D eigenvalue weighted by Crippen LogP contribution is -2.39. The molecule has 0 spiro atoms. The molecule has 0 heterocycles. The third kappa shape index (κ3) is 5.53. The number of hydrogen-bond acceptors (Lipinski definition) is 4. The zero-order valence-corrected chi connectivity index (χ0v) is 10.3. The molecule has 0 saturated heterocycles. The Balaban J connectivity index is 2.39. The van der Waals surface area contributed by atoms with Crippen molar-refractivity contribution in [2.45, 2.75) is 13.0 Å². The Kier molecular flexibility index (Phi) is 5.34. The number of carbonyl (C=O) groups is 3. The Labute approximate surface area is 109 Å². The van der Waals surface area contributed by atoms with Crippen molar-refractivity contribution in [3.8, 4) is 0 Å². The fraction of sp³-hybridized carbons (Fsp3) is 0.250. The van der Waals surface area contributed by atoms with Crippen LogP contribution in [0.25, 0.3) is 0 Å². The van der Waals surface area contributed by atoms with Crippen molar-refractivity contribution in [1.82, 2.24) is 5.32 Å².